The number of nitrogens with one attached hydrogen (secondary N) is 1. The minimum absolute atomic E-state index is 0.0294. The van der Waals surface area contributed by atoms with E-state index in [-0.39, 0.29) is 17.8 Å². The van der Waals surface area contributed by atoms with Crippen LogP contribution in [0.3, 0.4) is 0 Å². The summed E-state index contributed by atoms with van der Waals surface area (Å²) in [7, 11) is 1.56. The minimum atomic E-state index is -0.345. The molecule has 1 heterocycles. The summed E-state index contributed by atoms with van der Waals surface area (Å²) in [6.07, 6.45) is 15.1. The highest BCUT2D eigenvalue weighted by Gasteiger charge is 2.15. The predicted octanol–water partition coefficient (Wildman–Crippen LogP) is 4.66. The number of aliphatic hydroxyl groups is 1. The second-order valence-corrected chi connectivity index (χ2v) is 7.08. The molecule has 1 aromatic carbocycles. The monoisotopic (exact) mass is 385 g/mol. The normalized spacial score (nSPS) is 23.9. The molecule has 152 valence electrons. The Morgan fingerprint density at radius 2 is 1.96 bits per heavy atom. The number of hydrogen-bond donors (Lipinski definition) is 3. The molecule has 0 aromatic heterocycles. The molecule has 1 amide bonds. The lowest BCUT2D eigenvalue weighted by Crippen LogP contribution is -2.13. The van der Waals surface area contributed by atoms with Crippen LogP contribution in [0, 0.1) is 0 Å². The van der Waals surface area contributed by atoms with E-state index < -0.39 is 0 Å². The van der Waals surface area contributed by atoms with Gasteiger partial charge in [0.25, 0.3) is 5.91 Å². The fraction of sp³-hybridized carbons (Fsp3) is 0.435. The molecule has 28 heavy (non-hydrogen) atoms. The average molecular weight is 386 g/mol. The van der Waals surface area contributed by atoms with E-state index in [0.717, 1.165) is 32.1 Å². The summed E-state index contributed by atoms with van der Waals surface area (Å²) in [6.45, 7) is 1.71. The average Bonchev–Trinajstić information content (AvgIpc) is 2.68. The fourth-order valence-corrected chi connectivity index (χ4v) is 3.11. The Kier molecular flexibility index (Phi) is 8.82. The summed E-state index contributed by atoms with van der Waals surface area (Å²) in [5.41, 5.74) is 1.53. The Balaban J connectivity index is 2.25. The van der Waals surface area contributed by atoms with E-state index in [1.165, 1.54) is 0 Å². The highest BCUT2D eigenvalue weighted by atomic mass is 16.5. The molecule has 0 radical (unpaired) electrons. The first-order valence-corrected chi connectivity index (χ1v) is 9.89. The highest BCUT2D eigenvalue weighted by Crippen LogP contribution is 2.35. The molecule has 3 N–H and O–H groups in total. The molecule has 1 aliphatic heterocycles. The van der Waals surface area contributed by atoms with Gasteiger partial charge in [-0.2, -0.15) is 0 Å². The first-order chi connectivity index (χ1) is 13.5. The number of anilines is 1. The third-order valence-corrected chi connectivity index (χ3v) is 4.85. The molecule has 1 aromatic rings. The van der Waals surface area contributed by atoms with E-state index >= 15 is 0 Å². The van der Waals surface area contributed by atoms with Gasteiger partial charge in [0.05, 0.1) is 18.9 Å². The van der Waals surface area contributed by atoms with Crippen molar-refractivity contribution in [2.24, 2.45) is 0 Å². The van der Waals surface area contributed by atoms with E-state index in [1.54, 1.807) is 38.3 Å². The molecule has 0 aliphatic carbocycles. The zero-order valence-electron chi connectivity index (χ0n) is 16.8. The molecule has 0 saturated carbocycles. The van der Waals surface area contributed by atoms with Gasteiger partial charge in [0, 0.05) is 11.1 Å². The third kappa shape index (κ3) is 6.57. The van der Waals surface area contributed by atoms with Crippen LogP contribution < -0.4 is 10.1 Å². The summed E-state index contributed by atoms with van der Waals surface area (Å²) >= 11 is 0. The van der Waals surface area contributed by atoms with Crippen molar-refractivity contribution in [2.45, 2.75) is 58.0 Å². The van der Waals surface area contributed by atoms with Crippen molar-refractivity contribution in [3.8, 4) is 11.5 Å². The van der Waals surface area contributed by atoms with Crippen molar-refractivity contribution in [1.82, 2.24) is 0 Å². The van der Waals surface area contributed by atoms with E-state index in [4.69, 9.17) is 4.74 Å². The number of phenolic OH excluding ortho intramolecular Hbond substituents is 1. The Morgan fingerprint density at radius 1 is 1.14 bits per heavy atom. The number of rotatable bonds is 1. The van der Waals surface area contributed by atoms with Gasteiger partial charge in [-0.25, -0.2) is 0 Å². The number of amides is 1. The fourth-order valence-electron chi connectivity index (χ4n) is 3.11. The second kappa shape index (κ2) is 11.3. The summed E-state index contributed by atoms with van der Waals surface area (Å²) in [4.78, 5) is 12.4. The van der Waals surface area contributed by atoms with Crippen LogP contribution in [0.1, 0.15) is 51.0 Å². The van der Waals surface area contributed by atoms with Crippen molar-refractivity contribution in [1.29, 1.82) is 0 Å². The molecule has 2 rings (SSSR count). The quantitative estimate of drug-likeness (QED) is 0.485. The first-order valence-electron chi connectivity index (χ1n) is 9.89. The second-order valence-electron chi connectivity index (χ2n) is 7.08. The van der Waals surface area contributed by atoms with E-state index in [9.17, 15) is 15.0 Å². The Morgan fingerprint density at radius 3 is 2.75 bits per heavy atom. The molecule has 1 atom stereocenters. The van der Waals surface area contributed by atoms with Crippen LogP contribution in [0.25, 0.3) is 0 Å². The Labute approximate surface area is 167 Å². The third-order valence-electron chi connectivity index (χ3n) is 4.85. The Hall–Kier alpha value is -2.53. The van der Waals surface area contributed by atoms with Crippen molar-refractivity contribution in [2.75, 3.05) is 12.4 Å². The number of carbonyl (C=O) groups excluding carboxylic acids is 1. The van der Waals surface area contributed by atoms with Gasteiger partial charge in [-0.1, -0.05) is 43.2 Å². The maximum absolute atomic E-state index is 12.4. The molecule has 0 saturated heterocycles. The van der Waals surface area contributed by atoms with E-state index in [2.05, 4.69) is 11.4 Å². The minimum Gasteiger partial charge on any atom is -0.505 e. The number of benzene rings is 1. The predicted molar refractivity (Wildman–Crippen MR) is 113 cm³/mol. The summed E-state index contributed by atoms with van der Waals surface area (Å²) in [6, 6.07) is 3.39. The van der Waals surface area contributed by atoms with E-state index in [1.807, 2.05) is 12.2 Å². The van der Waals surface area contributed by atoms with Crippen molar-refractivity contribution in [3.05, 3.63) is 53.6 Å². The highest BCUT2D eigenvalue weighted by molar-refractivity contribution is 6.04. The number of aliphatic hydroxyl groups excluding tert-OH is 1. The van der Waals surface area contributed by atoms with E-state index in [0.29, 0.717) is 35.4 Å². The number of fused-ring (bicyclic) bond motifs is 2. The van der Waals surface area contributed by atoms with Gasteiger partial charge in [-0.3, -0.25) is 4.79 Å². The number of allylic oxidation sites excluding steroid dienone is 4. The number of methoxy groups -OCH3 is 1. The first kappa shape index (κ1) is 21.8. The van der Waals surface area contributed by atoms with Crippen LogP contribution in [0.4, 0.5) is 5.69 Å². The van der Waals surface area contributed by atoms with Crippen LogP contribution in [-0.4, -0.2) is 29.3 Å². The van der Waals surface area contributed by atoms with Gasteiger partial charge in [-0.05, 0) is 51.2 Å². The van der Waals surface area contributed by atoms with Crippen LogP contribution in [0.5, 0.6) is 11.5 Å². The molecule has 5 heteroatoms. The lowest BCUT2D eigenvalue weighted by atomic mass is 10.1. The molecule has 0 unspecified atom stereocenters. The van der Waals surface area contributed by atoms with Crippen LogP contribution in [0.15, 0.2) is 48.1 Å². The van der Waals surface area contributed by atoms with Crippen molar-refractivity contribution in [3.63, 3.8) is 0 Å². The Bertz CT molecular complexity index is 749. The standard InChI is InChI=1S/C23H31NO4/c1-17-11-9-10-13-18(25)12-7-5-3-4-6-8-14-19-21(28-2)16-15-20(22(19)26)24-23(17)27/h6,8-11,15-16,18,25-26H,3-5,7,12-14H2,1-2H3,(H,24,27)/b8-6+,10-9-,17-11+/t18-/m0/s1. The van der Waals surface area contributed by atoms with Gasteiger partial charge in [-0.15, -0.1) is 0 Å². The number of phenols is 1. The number of hydrogen-bond acceptors (Lipinski definition) is 4. The smallest absolute Gasteiger partial charge is 0.251 e. The molecule has 0 fully saturated rings. The van der Waals surface area contributed by atoms with Gasteiger partial charge in [0.15, 0.2) is 0 Å². The van der Waals surface area contributed by atoms with Gasteiger partial charge >= 0.3 is 0 Å². The van der Waals surface area contributed by atoms with Crippen LogP contribution in [0.2, 0.25) is 0 Å². The summed E-state index contributed by atoms with van der Waals surface area (Å²) in [5, 5.41) is 23.4. The molecule has 5 nitrogen and oxygen atoms in total. The lowest BCUT2D eigenvalue weighted by Gasteiger charge is -2.14. The van der Waals surface area contributed by atoms with Crippen LogP contribution >= 0.6 is 0 Å². The van der Waals surface area contributed by atoms with Gasteiger partial charge in [0.2, 0.25) is 0 Å². The topological polar surface area (TPSA) is 78.8 Å². The molecule has 2 bridgehead atoms. The largest absolute Gasteiger partial charge is 0.505 e. The van der Waals surface area contributed by atoms with Crippen molar-refractivity contribution >= 4 is 11.6 Å². The zero-order chi connectivity index (χ0) is 20.4. The molecular formula is C23H31NO4. The summed E-state index contributed by atoms with van der Waals surface area (Å²) in [5.74, 6) is 0.335. The lowest BCUT2D eigenvalue weighted by molar-refractivity contribution is -0.112. The van der Waals surface area contributed by atoms with Gasteiger partial charge < -0.3 is 20.3 Å². The summed E-state index contributed by atoms with van der Waals surface area (Å²) < 4.78 is 5.36. The van der Waals surface area contributed by atoms with Crippen LogP contribution in [-0.2, 0) is 11.2 Å². The maximum atomic E-state index is 12.4. The number of ether oxygens (including phenoxy) is 1. The molecular weight excluding hydrogens is 354 g/mol. The van der Waals surface area contributed by atoms with Gasteiger partial charge in [0.1, 0.15) is 11.5 Å². The molecule has 1 aliphatic rings. The maximum Gasteiger partial charge on any atom is 0.251 e. The zero-order valence-corrected chi connectivity index (χ0v) is 16.8. The number of carbonyl (C=O) groups is 1. The number of aromatic hydroxyl groups is 1. The SMILES string of the molecule is COc1ccc2c(O)c1C/C=C/CCCCC[C@H](O)C/C=C\C=C(/C)C(=O)N2. The molecule has 0 spiro atoms. The van der Waals surface area contributed by atoms with Crippen molar-refractivity contribution < 1.29 is 19.7 Å².